The first kappa shape index (κ1) is 5.81. The molecule has 0 aromatic heterocycles. The monoisotopic (exact) mass is 101 g/mol. The molecule has 4 nitrogen and oxygen atoms in total. The van der Waals surface area contributed by atoms with Crippen LogP contribution < -0.4 is 0 Å². The van der Waals surface area contributed by atoms with Gasteiger partial charge in [-0.3, -0.25) is 9.59 Å². The van der Waals surface area contributed by atoms with Gasteiger partial charge in [-0.2, -0.15) is 0 Å². The van der Waals surface area contributed by atoms with Crippen LogP contribution in [0.5, 0.6) is 0 Å². The number of hydrogen-bond acceptors (Lipinski definition) is 3. The number of carboxylic acids is 1. The van der Waals surface area contributed by atoms with E-state index in [4.69, 9.17) is 9.90 Å². The Morgan fingerprint density at radius 3 is 1.86 bits per heavy atom. The summed E-state index contributed by atoms with van der Waals surface area (Å²) in [5, 5.41) is 7.57. The van der Waals surface area contributed by atoms with E-state index in [1.54, 1.807) is 0 Å². The summed E-state index contributed by atoms with van der Waals surface area (Å²) in [6.07, 6.45) is 0.676. The second-order valence-electron chi connectivity index (χ2n) is 0.736. The van der Waals surface area contributed by atoms with Crippen molar-refractivity contribution in [3.05, 3.63) is 0 Å². The number of ketones is 1. The van der Waals surface area contributed by atoms with Crippen molar-refractivity contribution in [2.24, 2.45) is 0 Å². The lowest BCUT2D eigenvalue weighted by Gasteiger charge is -1.71. The number of carboxylic acid groups (broad SMARTS) is 1. The Bertz CT molecular complexity index is 114. The second kappa shape index (κ2) is 2.07. The minimum Gasteiger partial charge on any atom is -0.475 e. The first-order valence-electron chi connectivity index (χ1n) is 1.34. The Kier molecular flexibility index (Phi) is 1.72. The zero-order valence-corrected chi connectivity index (χ0v) is 3.17. The quantitative estimate of drug-likeness (QED) is 0.348. The van der Waals surface area contributed by atoms with Gasteiger partial charge in [-0.15, -0.1) is 0 Å². The smallest absolute Gasteiger partial charge is 0.380 e. The van der Waals surface area contributed by atoms with E-state index in [1.807, 2.05) is 0 Å². The largest absolute Gasteiger partial charge is 0.475 e. The standard InChI is InChI=1S/C3HO4/c4-1-2(5)3(6)7/h(H,6,7). The summed E-state index contributed by atoms with van der Waals surface area (Å²) in [5.74, 6) is -3.31. The van der Waals surface area contributed by atoms with Crippen LogP contribution in [0.2, 0.25) is 0 Å². The van der Waals surface area contributed by atoms with Gasteiger partial charge in [0.25, 0.3) is 6.29 Å². The lowest BCUT2D eigenvalue weighted by atomic mass is 10.5. The van der Waals surface area contributed by atoms with Gasteiger partial charge in [0, 0.05) is 0 Å². The van der Waals surface area contributed by atoms with Crippen LogP contribution >= 0.6 is 0 Å². The molecule has 0 amide bonds. The summed E-state index contributed by atoms with van der Waals surface area (Å²) in [5.41, 5.74) is 0. The van der Waals surface area contributed by atoms with Gasteiger partial charge >= 0.3 is 11.8 Å². The molecule has 0 heterocycles. The average molecular weight is 101 g/mol. The molecule has 0 aliphatic heterocycles. The van der Waals surface area contributed by atoms with E-state index in [9.17, 15) is 9.59 Å². The van der Waals surface area contributed by atoms with Crippen LogP contribution in [0.25, 0.3) is 0 Å². The summed E-state index contributed by atoms with van der Waals surface area (Å²) >= 11 is 0. The number of aliphatic carboxylic acids is 1. The molecule has 0 atom stereocenters. The molecule has 1 N–H and O–H groups in total. The van der Waals surface area contributed by atoms with Crippen LogP contribution in [0.4, 0.5) is 0 Å². The highest BCUT2D eigenvalue weighted by molar-refractivity contribution is 6.55. The third kappa shape index (κ3) is 1.64. The lowest BCUT2D eigenvalue weighted by Crippen LogP contribution is -2.12. The van der Waals surface area contributed by atoms with E-state index in [2.05, 4.69) is 0 Å². The molecule has 0 rings (SSSR count). The fourth-order valence-electron chi connectivity index (χ4n) is 0.0437. The molecular weight excluding hydrogens is 100 g/mol. The summed E-state index contributed by atoms with van der Waals surface area (Å²) < 4.78 is 0. The van der Waals surface area contributed by atoms with Crippen LogP contribution in [0.15, 0.2) is 0 Å². The van der Waals surface area contributed by atoms with Crippen LogP contribution in [-0.2, 0) is 14.4 Å². The molecule has 0 aliphatic carbocycles. The zero-order valence-electron chi connectivity index (χ0n) is 3.17. The van der Waals surface area contributed by atoms with Gasteiger partial charge in [-0.05, 0) is 0 Å². The first-order valence-corrected chi connectivity index (χ1v) is 1.34. The molecule has 0 aromatic rings. The average Bonchev–Trinajstić information content (AvgIpc) is 1.65. The minimum absolute atomic E-state index is 0.676. The van der Waals surface area contributed by atoms with Crippen LogP contribution in [0, 0.1) is 0 Å². The maximum Gasteiger partial charge on any atom is 0.380 e. The Hall–Kier alpha value is -1.19. The number of Topliss-reactive ketones (excluding diaryl/α,β-unsaturated/α-hetero) is 1. The molecule has 0 aliphatic rings. The van der Waals surface area contributed by atoms with Crippen molar-refractivity contribution in [2.45, 2.75) is 0 Å². The summed E-state index contributed by atoms with van der Waals surface area (Å²) in [6.45, 7) is 0. The van der Waals surface area contributed by atoms with E-state index < -0.39 is 11.8 Å². The van der Waals surface area contributed by atoms with Crippen molar-refractivity contribution in [3.8, 4) is 0 Å². The van der Waals surface area contributed by atoms with Crippen molar-refractivity contribution in [1.29, 1.82) is 0 Å². The number of hydrogen-bond donors (Lipinski definition) is 1. The molecule has 0 unspecified atom stereocenters. The molecule has 37 valence electrons. The molecule has 1 radical (unpaired) electrons. The highest BCUT2D eigenvalue weighted by atomic mass is 16.4. The van der Waals surface area contributed by atoms with Crippen molar-refractivity contribution in [1.82, 2.24) is 0 Å². The van der Waals surface area contributed by atoms with E-state index in [0.29, 0.717) is 6.29 Å². The molecule has 0 bridgehead atoms. The SMILES string of the molecule is O=[C]C(=O)C(=O)O. The Morgan fingerprint density at radius 1 is 1.43 bits per heavy atom. The van der Waals surface area contributed by atoms with E-state index in [-0.39, 0.29) is 0 Å². The van der Waals surface area contributed by atoms with E-state index in [0.717, 1.165) is 0 Å². The topological polar surface area (TPSA) is 71.4 Å². The molecule has 0 fully saturated rings. The van der Waals surface area contributed by atoms with Gasteiger partial charge in [0.05, 0.1) is 0 Å². The maximum absolute atomic E-state index is 9.49. The highest BCUT2D eigenvalue weighted by Gasteiger charge is 2.08. The summed E-state index contributed by atoms with van der Waals surface area (Å²) in [7, 11) is 0. The molecule has 0 saturated heterocycles. The summed E-state index contributed by atoms with van der Waals surface area (Å²) in [6, 6.07) is 0. The summed E-state index contributed by atoms with van der Waals surface area (Å²) in [4.78, 5) is 27.9. The lowest BCUT2D eigenvalue weighted by molar-refractivity contribution is -0.145. The minimum atomic E-state index is -1.77. The normalized spacial score (nSPS) is 7.43. The Balaban J connectivity index is 3.81. The van der Waals surface area contributed by atoms with Crippen LogP contribution in [0.1, 0.15) is 0 Å². The van der Waals surface area contributed by atoms with Crippen molar-refractivity contribution in [2.75, 3.05) is 0 Å². The van der Waals surface area contributed by atoms with Gasteiger partial charge < -0.3 is 5.11 Å². The number of rotatable bonds is 2. The third-order valence-electron chi connectivity index (χ3n) is 0.287. The molecule has 0 aromatic carbocycles. The second-order valence-corrected chi connectivity index (χ2v) is 0.736. The van der Waals surface area contributed by atoms with E-state index >= 15 is 0 Å². The van der Waals surface area contributed by atoms with Gasteiger partial charge in [0.15, 0.2) is 0 Å². The van der Waals surface area contributed by atoms with Gasteiger partial charge in [0.2, 0.25) is 0 Å². The van der Waals surface area contributed by atoms with E-state index in [1.165, 1.54) is 0 Å². The highest BCUT2D eigenvalue weighted by Crippen LogP contribution is 1.59. The zero-order chi connectivity index (χ0) is 5.86. The number of carbonyl (C=O) groups is 2. The van der Waals surface area contributed by atoms with Crippen molar-refractivity contribution in [3.63, 3.8) is 0 Å². The predicted molar refractivity (Wildman–Crippen MR) is 18.3 cm³/mol. The Morgan fingerprint density at radius 2 is 1.86 bits per heavy atom. The maximum atomic E-state index is 9.49. The van der Waals surface area contributed by atoms with Gasteiger partial charge in [0.1, 0.15) is 0 Å². The fourth-order valence-corrected chi connectivity index (χ4v) is 0.0437. The van der Waals surface area contributed by atoms with Gasteiger partial charge in [-0.25, -0.2) is 4.79 Å². The molecule has 7 heavy (non-hydrogen) atoms. The molecule has 4 heteroatoms. The molecular formula is C3HO4. The molecule has 0 saturated carbocycles. The van der Waals surface area contributed by atoms with Crippen LogP contribution in [-0.4, -0.2) is 23.1 Å². The van der Waals surface area contributed by atoms with Gasteiger partial charge in [-0.1, -0.05) is 0 Å². The van der Waals surface area contributed by atoms with Crippen molar-refractivity contribution >= 4 is 18.0 Å². The fraction of sp³-hybridized carbons (Fsp3) is 0. The third-order valence-corrected chi connectivity index (χ3v) is 0.287. The van der Waals surface area contributed by atoms with Crippen molar-refractivity contribution < 1.29 is 19.5 Å². The van der Waals surface area contributed by atoms with Crippen LogP contribution in [0.3, 0.4) is 0 Å². The Labute approximate surface area is 38.7 Å². The predicted octanol–water partition coefficient (Wildman–Crippen LogP) is -1.25. The first-order chi connectivity index (χ1) is 3.18. The number of carbonyl (C=O) groups excluding carboxylic acids is 2. The molecule has 0 spiro atoms.